The number of hydrogen-bond acceptors (Lipinski definition) is 4. The molecule has 24 heavy (non-hydrogen) atoms. The Morgan fingerprint density at radius 3 is 1.79 bits per heavy atom. The third-order valence-electron chi connectivity index (χ3n) is 3.25. The van der Waals surface area contributed by atoms with Crippen LogP contribution in [0.4, 0.5) is 11.4 Å². The van der Waals surface area contributed by atoms with E-state index in [1.165, 1.54) is 0 Å². The SMILES string of the molecule is CN(c1ccc(OCC=O)cc1)c1ccc(OCC=C(Cl)Cl)cc1. The molecule has 4 nitrogen and oxygen atoms in total. The Bertz CT molecular complexity index is 680. The molecule has 0 aliphatic rings. The summed E-state index contributed by atoms with van der Waals surface area (Å²) >= 11 is 11.1. The second-order valence-corrected chi connectivity index (χ2v) is 5.84. The lowest BCUT2D eigenvalue weighted by Crippen LogP contribution is -2.09. The summed E-state index contributed by atoms with van der Waals surface area (Å²) in [5.74, 6) is 1.39. The Morgan fingerprint density at radius 1 is 0.917 bits per heavy atom. The quantitative estimate of drug-likeness (QED) is 0.633. The van der Waals surface area contributed by atoms with E-state index in [-0.39, 0.29) is 11.1 Å². The van der Waals surface area contributed by atoms with Crippen molar-refractivity contribution < 1.29 is 14.3 Å². The van der Waals surface area contributed by atoms with E-state index in [1.807, 2.05) is 60.5 Å². The van der Waals surface area contributed by atoms with Crippen LogP contribution in [-0.2, 0) is 4.79 Å². The predicted molar refractivity (Wildman–Crippen MR) is 97.8 cm³/mol. The van der Waals surface area contributed by atoms with Crippen LogP contribution in [0.5, 0.6) is 11.5 Å². The van der Waals surface area contributed by atoms with E-state index in [4.69, 9.17) is 32.7 Å². The monoisotopic (exact) mass is 365 g/mol. The molecule has 2 rings (SSSR count). The first-order valence-corrected chi connectivity index (χ1v) is 8.00. The van der Waals surface area contributed by atoms with E-state index in [0.29, 0.717) is 12.4 Å². The second kappa shape index (κ2) is 9.21. The van der Waals surface area contributed by atoms with Gasteiger partial charge in [0.05, 0.1) is 0 Å². The molecule has 0 radical (unpaired) electrons. The van der Waals surface area contributed by atoms with Crippen molar-refractivity contribution in [2.45, 2.75) is 0 Å². The third kappa shape index (κ3) is 5.48. The Balaban J connectivity index is 2.00. The van der Waals surface area contributed by atoms with Crippen molar-refractivity contribution in [1.29, 1.82) is 0 Å². The van der Waals surface area contributed by atoms with E-state index in [0.717, 1.165) is 23.4 Å². The van der Waals surface area contributed by atoms with E-state index in [9.17, 15) is 4.79 Å². The van der Waals surface area contributed by atoms with Gasteiger partial charge in [-0.05, 0) is 54.6 Å². The van der Waals surface area contributed by atoms with Crippen LogP contribution in [0.25, 0.3) is 0 Å². The maximum absolute atomic E-state index is 10.3. The van der Waals surface area contributed by atoms with Crippen LogP contribution in [0.1, 0.15) is 0 Å². The van der Waals surface area contributed by atoms with E-state index < -0.39 is 0 Å². The molecule has 0 aromatic heterocycles. The van der Waals surface area contributed by atoms with Crippen molar-refractivity contribution in [2.75, 3.05) is 25.2 Å². The van der Waals surface area contributed by atoms with Gasteiger partial charge in [0.2, 0.25) is 0 Å². The summed E-state index contributed by atoms with van der Waals surface area (Å²) in [5.41, 5.74) is 2.01. The first kappa shape index (κ1) is 18.2. The summed E-state index contributed by atoms with van der Waals surface area (Å²) in [5, 5.41) is 0. The van der Waals surface area contributed by atoms with Gasteiger partial charge in [-0.1, -0.05) is 23.2 Å². The molecule has 6 heteroatoms. The summed E-state index contributed by atoms with van der Waals surface area (Å²) in [6, 6.07) is 15.2. The van der Waals surface area contributed by atoms with Gasteiger partial charge in [0.1, 0.15) is 29.2 Å². The van der Waals surface area contributed by atoms with Gasteiger partial charge in [0, 0.05) is 18.4 Å². The largest absolute Gasteiger partial charge is 0.489 e. The van der Waals surface area contributed by atoms with E-state index >= 15 is 0 Å². The Kier molecular flexibility index (Phi) is 6.97. The van der Waals surface area contributed by atoms with Gasteiger partial charge in [-0.2, -0.15) is 0 Å². The summed E-state index contributed by atoms with van der Waals surface area (Å²) in [6.07, 6.45) is 2.30. The van der Waals surface area contributed by atoms with Crippen molar-refractivity contribution in [3.8, 4) is 11.5 Å². The van der Waals surface area contributed by atoms with Crippen LogP contribution < -0.4 is 14.4 Å². The number of rotatable bonds is 8. The molecule has 0 saturated heterocycles. The molecule has 0 atom stereocenters. The van der Waals surface area contributed by atoms with Gasteiger partial charge in [-0.3, -0.25) is 4.79 Å². The average molecular weight is 366 g/mol. The molecule has 126 valence electrons. The molecule has 0 heterocycles. The number of ether oxygens (including phenoxy) is 2. The van der Waals surface area contributed by atoms with Crippen LogP contribution >= 0.6 is 23.2 Å². The first-order valence-electron chi connectivity index (χ1n) is 7.24. The summed E-state index contributed by atoms with van der Waals surface area (Å²) in [7, 11) is 1.97. The van der Waals surface area contributed by atoms with Gasteiger partial charge in [0.25, 0.3) is 0 Å². The van der Waals surface area contributed by atoms with E-state index in [2.05, 4.69) is 0 Å². The standard InChI is InChI=1S/C18H17Cl2NO3/c1-21(15-4-8-17(9-5-15)24-13-11-22)14-2-6-16(7-3-14)23-12-10-18(19)20/h2-11H,12-13H2,1H3. The molecular weight excluding hydrogens is 349 g/mol. The fourth-order valence-corrected chi connectivity index (χ4v) is 2.14. The lowest BCUT2D eigenvalue weighted by atomic mass is 10.2. The molecule has 2 aromatic carbocycles. The van der Waals surface area contributed by atoms with Crippen molar-refractivity contribution in [3.63, 3.8) is 0 Å². The first-order chi connectivity index (χ1) is 11.6. The number of hydrogen-bond donors (Lipinski definition) is 0. The maximum Gasteiger partial charge on any atom is 0.157 e. The normalized spacial score (nSPS) is 9.96. The third-order valence-corrected chi connectivity index (χ3v) is 3.56. The van der Waals surface area contributed by atoms with Gasteiger partial charge in [-0.15, -0.1) is 0 Å². The van der Waals surface area contributed by atoms with Crippen LogP contribution in [0.3, 0.4) is 0 Å². The average Bonchev–Trinajstić information content (AvgIpc) is 2.60. The number of benzene rings is 2. The molecule has 0 aliphatic heterocycles. The van der Waals surface area contributed by atoms with Crippen LogP contribution in [0.15, 0.2) is 59.1 Å². The van der Waals surface area contributed by atoms with Crippen LogP contribution in [-0.4, -0.2) is 26.5 Å². The number of halogens is 2. The van der Waals surface area contributed by atoms with Crippen molar-refractivity contribution in [2.24, 2.45) is 0 Å². The van der Waals surface area contributed by atoms with Crippen LogP contribution in [0.2, 0.25) is 0 Å². The molecule has 0 spiro atoms. The zero-order valence-electron chi connectivity index (χ0n) is 13.1. The molecule has 0 bridgehead atoms. The number of carbonyl (C=O) groups excluding carboxylic acids is 1. The number of nitrogens with zero attached hydrogens (tertiary/aromatic N) is 1. The molecule has 0 amide bonds. The fourth-order valence-electron chi connectivity index (χ4n) is 2.01. The van der Waals surface area contributed by atoms with Crippen molar-refractivity contribution in [3.05, 3.63) is 59.1 Å². The molecule has 0 aliphatic carbocycles. The highest BCUT2D eigenvalue weighted by atomic mass is 35.5. The zero-order chi connectivity index (χ0) is 17.4. The Labute approximate surface area is 151 Å². The minimum absolute atomic E-state index is 0.0563. The van der Waals surface area contributed by atoms with E-state index in [1.54, 1.807) is 6.08 Å². The zero-order valence-corrected chi connectivity index (χ0v) is 14.6. The maximum atomic E-state index is 10.3. The number of aldehydes is 1. The summed E-state index contributed by atoms with van der Waals surface area (Å²) in [4.78, 5) is 12.3. The summed E-state index contributed by atoms with van der Waals surface area (Å²) < 4.78 is 10.9. The summed E-state index contributed by atoms with van der Waals surface area (Å²) in [6.45, 7) is 0.376. The molecule has 2 aromatic rings. The van der Waals surface area contributed by atoms with Crippen molar-refractivity contribution >= 4 is 40.9 Å². The number of carbonyl (C=O) groups is 1. The molecule has 0 saturated carbocycles. The topological polar surface area (TPSA) is 38.8 Å². The fraction of sp³-hybridized carbons (Fsp3) is 0.167. The van der Waals surface area contributed by atoms with Crippen molar-refractivity contribution in [1.82, 2.24) is 0 Å². The molecule has 0 N–H and O–H groups in total. The van der Waals surface area contributed by atoms with Gasteiger partial charge < -0.3 is 14.4 Å². The van der Waals surface area contributed by atoms with Gasteiger partial charge >= 0.3 is 0 Å². The highest BCUT2D eigenvalue weighted by molar-refractivity contribution is 6.55. The number of anilines is 2. The highest BCUT2D eigenvalue weighted by Gasteiger charge is 2.05. The Hall–Kier alpha value is -2.17. The molecule has 0 fully saturated rings. The lowest BCUT2D eigenvalue weighted by Gasteiger charge is -2.20. The molecular formula is C18H17Cl2NO3. The van der Waals surface area contributed by atoms with Crippen LogP contribution in [0, 0.1) is 0 Å². The highest BCUT2D eigenvalue weighted by Crippen LogP contribution is 2.27. The van der Waals surface area contributed by atoms with Gasteiger partial charge in [0.15, 0.2) is 6.29 Å². The minimum Gasteiger partial charge on any atom is -0.489 e. The smallest absolute Gasteiger partial charge is 0.157 e. The minimum atomic E-state index is 0.0563. The lowest BCUT2D eigenvalue weighted by molar-refractivity contribution is -0.109. The van der Waals surface area contributed by atoms with Gasteiger partial charge in [-0.25, -0.2) is 0 Å². The second-order valence-electron chi connectivity index (χ2n) is 4.83. The predicted octanol–water partition coefficient (Wildman–Crippen LogP) is 4.73. The molecule has 0 unspecified atom stereocenters. The Morgan fingerprint density at radius 2 is 1.38 bits per heavy atom.